The quantitative estimate of drug-likeness (QED) is 0.745. The molecule has 0 aliphatic heterocycles. The van der Waals surface area contributed by atoms with E-state index in [1.807, 2.05) is 25.1 Å². The number of nitrogens with two attached hydrogens (primary N) is 1. The third-order valence-electron chi connectivity index (χ3n) is 3.05. The first-order valence-electron chi connectivity index (χ1n) is 6.78. The van der Waals surface area contributed by atoms with Gasteiger partial charge in [0.1, 0.15) is 5.75 Å². The van der Waals surface area contributed by atoms with E-state index >= 15 is 0 Å². The standard InChI is InChI=1S/C15H22FNO3/c1-3-6-14(16)20-15(18)9-11(10-17)12-7-4-5-8-13(12)19-2/h4-5,7-8,11,14H,3,6,9-10,17H2,1-2H3. The molecule has 112 valence electrons. The molecular formula is C15H22FNO3. The normalized spacial score (nSPS) is 13.6. The number of alkyl halides is 1. The molecule has 4 nitrogen and oxygen atoms in total. The van der Waals surface area contributed by atoms with Crippen molar-refractivity contribution in [3.05, 3.63) is 29.8 Å². The second-order valence-corrected chi connectivity index (χ2v) is 4.57. The van der Waals surface area contributed by atoms with Crippen LogP contribution in [0.1, 0.15) is 37.7 Å². The molecule has 0 bridgehead atoms. The van der Waals surface area contributed by atoms with Gasteiger partial charge in [0.2, 0.25) is 6.36 Å². The molecule has 20 heavy (non-hydrogen) atoms. The van der Waals surface area contributed by atoms with Crippen LogP contribution in [0.25, 0.3) is 0 Å². The van der Waals surface area contributed by atoms with Crippen LogP contribution in [0.15, 0.2) is 24.3 Å². The lowest BCUT2D eigenvalue weighted by atomic mass is 9.95. The fourth-order valence-corrected chi connectivity index (χ4v) is 2.00. The highest BCUT2D eigenvalue weighted by atomic mass is 19.1. The van der Waals surface area contributed by atoms with E-state index in [0.717, 1.165) is 5.56 Å². The summed E-state index contributed by atoms with van der Waals surface area (Å²) < 4.78 is 23.2. The monoisotopic (exact) mass is 283 g/mol. The maximum atomic E-state index is 13.3. The van der Waals surface area contributed by atoms with Crippen LogP contribution >= 0.6 is 0 Å². The summed E-state index contributed by atoms with van der Waals surface area (Å²) in [5.41, 5.74) is 6.54. The first-order chi connectivity index (χ1) is 9.62. The van der Waals surface area contributed by atoms with Crippen LogP contribution < -0.4 is 10.5 Å². The van der Waals surface area contributed by atoms with Crippen molar-refractivity contribution < 1.29 is 18.7 Å². The van der Waals surface area contributed by atoms with E-state index in [1.165, 1.54) is 0 Å². The topological polar surface area (TPSA) is 61.5 Å². The number of benzene rings is 1. The summed E-state index contributed by atoms with van der Waals surface area (Å²) in [6.07, 6.45) is -0.653. The Balaban J connectivity index is 2.69. The summed E-state index contributed by atoms with van der Waals surface area (Å²) >= 11 is 0. The molecule has 0 amide bonds. The number of carbonyl (C=O) groups excluding carboxylic acids is 1. The number of para-hydroxylation sites is 1. The van der Waals surface area contributed by atoms with Crippen molar-refractivity contribution in [2.45, 2.75) is 38.5 Å². The zero-order valence-corrected chi connectivity index (χ0v) is 12.0. The fraction of sp³-hybridized carbons (Fsp3) is 0.533. The Morgan fingerprint density at radius 2 is 2.10 bits per heavy atom. The van der Waals surface area contributed by atoms with Gasteiger partial charge in [0, 0.05) is 12.3 Å². The van der Waals surface area contributed by atoms with Gasteiger partial charge in [-0.3, -0.25) is 4.79 Å². The highest BCUT2D eigenvalue weighted by molar-refractivity contribution is 5.71. The van der Waals surface area contributed by atoms with Crippen molar-refractivity contribution >= 4 is 5.97 Å². The Labute approximate surface area is 119 Å². The molecular weight excluding hydrogens is 261 g/mol. The number of carbonyl (C=O) groups is 1. The number of hydrogen-bond acceptors (Lipinski definition) is 4. The maximum absolute atomic E-state index is 13.3. The third kappa shape index (κ3) is 4.81. The molecule has 0 fully saturated rings. The summed E-state index contributed by atoms with van der Waals surface area (Å²) in [6.45, 7) is 2.10. The van der Waals surface area contributed by atoms with Gasteiger partial charge >= 0.3 is 5.97 Å². The lowest BCUT2D eigenvalue weighted by Gasteiger charge is -2.18. The summed E-state index contributed by atoms with van der Waals surface area (Å²) in [6, 6.07) is 7.34. The number of methoxy groups -OCH3 is 1. The molecule has 1 rings (SSSR count). The SMILES string of the molecule is CCCC(F)OC(=O)CC(CN)c1ccccc1OC. The Bertz CT molecular complexity index is 425. The lowest BCUT2D eigenvalue weighted by molar-refractivity contribution is -0.158. The predicted molar refractivity (Wildman–Crippen MR) is 75.3 cm³/mol. The number of esters is 1. The summed E-state index contributed by atoms with van der Waals surface area (Å²) in [4.78, 5) is 11.7. The van der Waals surface area contributed by atoms with Crippen molar-refractivity contribution in [1.82, 2.24) is 0 Å². The fourth-order valence-electron chi connectivity index (χ4n) is 2.00. The van der Waals surface area contributed by atoms with E-state index in [4.69, 9.17) is 15.2 Å². The van der Waals surface area contributed by atoms with E-state index in [0.29, 0.717) is 12.2 Å². The van der Waals surface area contributed by atoms with E-state index < -0.39 is 12.3 Å². The molecule has 2 unspecified atom stereocenters. The Kier molecular flexibility index (Phi) is 7.01. The number of rotatable bonds is 8. The van der Waals surface area contributed by atoms with Crippen molar-refractivity contribution in [3.8, 4) is 5.75 Å². The minimum Gasteiger partial charge on any atom is -0.496 e. The molecule has 0 saturated heterocycles. The molecule has 0 saturated carbocycles. The zero-order valence-electron chi connectivity index (χ0n) is 12.0. The molecule has 0 aliphatic carbocycles. The zero-order chi connectivity index (χ0) is 15.0. The van der Waals surface area contributed by atoms with Gasteiger partial charge in [0.25, 0.3) is 0 Å². The van der Waals surface area contributed by atoms with Crippen molar-refractivity contribution in [2.75, 3.05) is 13.7 Å². The van der Waals surface area contributed by atoms with Crippen molar-refractivity contribution in [1.29, 1.82) is 0 Å². The van der Waals surface area contributed by atoms with Gasteiger partial charge in [0.05, 0.1) is 13.5 Å². The lowest BCUT2D eigenvalue weighted by Crippen LogP contribution is -2.21. The summed E-state index contributed by atoms with van der Waals surface area (Å²) in [7, 11) is 1.56. The van der Waals surface area contributed by atoms with E-state index in [9.17, 15) is 9.18 Å². The summed E-state index contributed by atoms with van der Waals surface area (Å²) in [5.74, 6) is -0.152. The minimum absolute atomic E-state index is 0.0427. The van der Waals surface area contributed by atoms with E-state index in [-0.39, 0.29) is 25.3 Å². The van der Waals surface area contributed by atoms with Crippen LogP contribution in [-0.4, -0.2) is 26.0 Å². The first kappa shape index (κ1) is 16.4. The second kappa shape index (κ2) is 8.53. The molecule has 2 N–H and O–H groups in total. The Hall–Kier alpha value is -1.62. The Morgan fingerprint density at radius 1 is 1.40 bits per heavy atom. The van der Waals surface area contributed by atoms with Gasteiger partial charge in [0.15, 0.2) is 0 Å². The van der Waals surface area contributed by atoms with Crippen LogP contribution in [0.4, 0.5) is 4.39 Å². The second-order valence-electron chi connectivity index (χ2n) is 4.57. The molecule has 0 radical (unpaired) electrons. The molecule has 0 aromatic heterocycles. The highest BCUT2D eigenvalue weighted by Gasteiger charge is 2.21. The molecule has 0 spiro atoms. The molecule has 0 aliphatic rings. The highest BCUT2D eigenvalue weighted by Crippen LogP contribution is 2.28. The average Bonchev–Trinajstić information content (AvgIpc) is 2.45. The van der Waals surface area contributed by atoms with Crippen LogP contribution in [0.5, 0.6) is 5.75 Å². The van der Waals surface area contributed by atoms with E-state index in [2.05, 4.69) is 0 Å². The molecule has 1 aromatic carbocycles. The van der Waals surface area contributed by atoms with Gasteiger partial charge in [-0.05, 0) is 24.6 Å². The van der Waals surface area contributed by atoms with Gasteiger partial charge < -0.3 is 15.2 Å². The van der Waals surface area contributed by atoms with Crippen LogP contribution in [-0.2, 0) is 9.53 Å². The average molecular weight is 283 g/mol. The smallest absolute Gasteiger partial charge is 0.308 e. The molecule has 5 heteroatoms. The van der Waals surface area contributed by atoms with Crippen LogP contribution in [0, 0.1) is 0 Å². The first-order valence-corrected chi connectivity index (χ1v) is 6.78. The maximum Gasteiger partial charge on any atom is 0.308 e. The molecule has 2 atom stereocenters. The minimum atomic E-state index is -1.54. The predicted octanol–water partition coefficient (Wildman–Crippen LogP) is 2.77. The largest absolute Gasteiger partial charge is 0.496 e. The van der Waals surface area contributed by atoms with Gasteiger partial charge in [-0.1, -0.05) is 25.1 Å². The third-order valence-corrected chi connectivity index (χ3v) is 3.05. The number of halogens is 1. The van der Waals surface area contributed by atoms with E-state index in [1.54, 1.807) is 13.2 Å². The number of ether oxygens (including phenoxy) is 2. The van der Waals surface area contributed by atoms with Gasteiger partial charge in [-0.25, -0.2) is 4.39 Å². The molecule has 1 aromatic rings. The van der Waals surface area contributed by atoms with Crippen LogP contribution in [0.3, 0.4) is 0 Å². The van der Waals surface area contributed by atoms with Crippen LogP contribution in [0.2, 0.25) is 0 Å². The summed E-state index contributed by atoms with van der Waals surface area (Å²) in [5, 5.41) is 0. The molecule has 0 heterocycles. The number of hydrogen-bond donors (Lipinski definition) is 1. The Morgan fingerprint density at radius 3 is 2.70 bits per heavy atom. The van der Waals surface area contributed by atoms with Gasteiger partial charge in [-0.15, -0.1) is 0 Å². The van der Waals surface area contributed by atoms with Gasteiger partial charge in [-0.2, -0.15) is 0 Å². The van der Waals surface area contributed by atoms with Crippen molar-refractivity contribution in [3.63, 3.8) is 0 Å². The van der Waals surface area contributed by atoms with Crippen molar-refractivity contribution in [2.24, 2.45) is 5.73 Å².